The molecule has 5 rings (SSSR count). The number of fused-ring (bicyclic) bond motifs is 1. The normalized spacial score (nSPS) is 20.9. The fourth-order valence-electron chi connectivity index (χ4n) is 6.46. The smallest absolute Gasteiger partial charge is 0.490 e. The van der Waals surface area contributed by atoms with Crippen LogP contribution in [0.2, 0.25) is 0 Å². The van der Waals surface area contributed by atoms with Gasteiger partial charge in [-0.05, 0) is 69.0 Å². The van der Waals surface area contributed by atoms with Crippen LogP contribution in [-0.2, 0) is 23.2 Å². The Labute approximate surface area is 268 Å². The predicted octanol–water partition coefficient (Wildman–Crippen LogP) is 6.10. The van der Waals surface area contributed by atoms with Crippen molar-refractivity contribution in [1.29, 1.82) is 0 Å². The van der Waals surface area contributed by atoms with Crippen LogP contribution in [0, 0.1) is 18.6 Å². The number of amides is 2. The molecule has 2 amide bonds. The molecule has 0 radical (unpaired) electrons. The van der Waals surface area contributed by atoms with Gasteiger partial charge in [-0.1, -0.05) is 13.0 Å². The van der Waals surface area contributed by atoms with Crippen LogP contribution in [0.5, 0.6) is 11.5 Å². The number of ether oxygens (including phenoxy) is 2. The SMILES string of the molecule is CCc1nc(C)c(CN2CCC3(c4ccc(OC)c(OC)c4)CCC(NC(=O)Nc4ccc(F)c(F)c4)CC23)[nH]1.O=C(O)C(F)(F)F. The summed E-state index contributed by atoms with van der Waals surface area (Å²) in [4.78, 5) is 32.4. The maximum Gasteiger partial charge on any atom is 0.490 e. The van der Waals surface area contributed by atoms with Gasteiger partial charge >= 0.3 is 18.2 Å². The second kappa shape index (κ2) is 14.6. The summed E-state index contributed by atoms with van der Waals surface area (Å²) >= 11 is 0. The Morgan fingerprint density at radius 3 is 2.38 bits per heavy atom. The lowest BCUT2D eigenvalue weighted by atomic mass is 9.65. The quantitative estimate of drug-likeness (QED) is 0.214. The molecule has 256 valence electrons. The highest BCUT2D eigenvalue weighted by molar-refractivity contribution is 5.89. The third kappa shape index (κ3) is 8.13. The highest BCUT2D eigenvalue weighted by atomic mass is 19.4. The van der Waals surface area contributed by atoms with Crippen molar-refractivity contribution in [2.75, 3.05) is 26.1 Å². The number of alkyl halides is 3. The summed E-state index contributed by atoms with van der Waals surface area (Å²) in [6, 6.07) is 9.16. The summed E-state index contributed by atoms with van der Waals surface area (Å²) in [5.41, 5.74) is 3.42. The number of carboxylic acid groups (broad SMARTS) is 1. The molecule has 2 aromatic carbocycles. The van der Waals surface area contributed by atoms with Gasteiger partial charge in [0.15, 0.2) is 23.1 Å². The van der Waals surface area contributed by atoms with E-state index < -0.39 is 29.8 Å². The minimum Gasteiger partial charge on any atom is -0.493 e. The largest absolute Gasteiger partial charge is 0.493 e. The Balaban J connectivity index is 0.000000644. The molecule has 3 unspecified atom stereocenters. The van der Waals surface area contributed by atoms with Crippen molar-refractivity contribution in [2.45, 2.75) is 76.2 Å². The lowest BCUT2D eigenvalue weighted by Gasteiger charge is -2.45. The van der Waals surface area contributed by atoms with Gasteiger partial charge in [-0.25, -0.2) is 23.4 Å². The van der Waals surface area contributed by atoms with E-state index in [0.717, 1.165) is 74.5 Å². The van der Waals surface area contributed by atoms with Gasteiger partial charge in [-0.2, -0.15) is 13.2 Å². The highest BCUT2D eigenvalue weighted by Gasteiger charge is 2.52. The molecule has 1 aliphatic carbocycles. The van der Waals surface area contributed by atoms with Crippen LogP contribution in [-0.4, -0.2) is 71.0 Å². The molecular weight excluding hydrogens is 629 g/mol. The minimum atomic E-state index is -5.08. The third-order valence-corrected chi connectivity index (χ3v) is 8.81. The van der Waals surface area contributed by atoms with E-state index in [1.807, 2.05) is 13.0 Å². The number of imidazole rings is 1. The average Bonchev–Trinajstić information content (AvgIpc) is 3.58. The van der Waals surface area contributed by atoms with E-state index >= 15 is 0 Å². The van der Waals surface area contributed by atoms with E-state index in [0.29, 0.717) is 11.5 Å². The van der Waals surface area contributed by atoms with E-state index in [1.165, 1.54) is 11.6 Å². The van der Waals surface area contributed by atoms with Crippen LogP contribution in [0.1, 0.15) is 55.4 Å². The molecule has 0 bridgehead atoms. The van der Waals surface area contributed by atoms with Crippen molar-refractivity contribution in [3.8, 4) is 11.5 Å². The number of likely N-dealkylation sites (tertiary alicyclic amines) is 1. The Bertz CT molecular complexity index is 1580. The fraction of sp³-hybridized carbons (Fsp3) is 0.469. The Morgan fingerprint density at radius 1 is 1.09 bits per heavy atom. The average molecular weight is 668 g/mol. The number of carboxylic acids is 1. The van der Waals surface area contributed by atoms with Crippen molar-refractivity contribution in [1.82, 2.24) is 20.2 Å². The number of carbonyl (C=O) groups is 2. The zero-order valence-corrected chi connectivity index (χ0v) is 26.4. The van der Waals surface area contributed by atoms with Crippen LogP contribution in [0.4, 0.5) is 32.4 Å². The van der Waals surface area contributed by atoms with Gasteiger partial charge in [0.2, 0.25) is 0 Å². The topological polar surface area (TPSA) is 129 Å². The van der Waals surface area contributed by atoms with Crippen LogP contribution in [0.25, 0.3) is 0 Å². The molecule has 1 saturated heterocycles. The monoisotopic (exact) mass is 667 g/mol. The van der Waals surface area contributed by atoms with E-state index in [-0.39, 0.29) is 23.2 Å². The van der Waals surface area contributed by atoms with Gasteiger partial charge < -0.3 is 30.2 Å². The molecule has 15 heteroatoms. The molecule has 0 spiro atoms. The highest BCUT2D eigenvalue weighted by Crippen LogP contribution is 2.50. The first-order valence-electron chi connectivity index (χ1n) is 15.0. The van der Waals surface area contributed by atoms with E-state index in [4.69, 9.17) is 19.4 Å². The molecule has 1 saturated carbocycles. The first-order valence-corrected chi connectivity index (χ1v) is 15.0. The molecule has 10 nitrogen and oxygen atoms in total. The number of hydrogen-bond donors (Lipinski definition) is 4. The Kier molecular flexibility index (Phi) is 11.0. The number of aryl methyl sites for hydroxylation is 2. The number of aromatic nitrogens is 2. The molecule has 4 N–H and O–H groups in total. The zero-order chi connectivity index (χ0) is 34.5. The molecule has 1 aliphatic heterocycles. The zero-order valence-electron chi connectivity index (χ0n) is 26.4. The summed E-state index contributed by atoms with van der Waals surface area (Å²) in [7, 11) is 3.28. The van der Waals surface area contributed by atoms with E-state index in [1.54, 1.807) is 14.2 Å². The molecule has 2 aliphatic rings. The van der Waals surface area contributed by atoms with Crippen molar-refractivity contribution >= 4 is 17.7 Å². The first kappa shape index (κ1) is 35.5. The number of benzene rings is 2. The number of nitrogens with one attached hydrogen (secondary N) is 3. The van der Waals surface area contributed by atoms with Gasteiger partial charge in [0, 0.05) is 42.2 Å². The van der Waals surface area contributed by atoms with Crippen molar-refractivity contribution in [2.24, 2.45) is 0 Å². The van der Waals surface area contributed by atoms with Crippen molar-refractivity contribution in [3.63, 3.8) is 0 Å². The number of carbonyl (C=O) groups excluding carboxylic acids is 1. The van der Waals surface area contributed by atoms with Crippen LogP contribution < -0.4 is 20.1 Å². The summed E-state index contributed by atoms with van der Waals surface area (Å²) < 4.78 is 69.8. The number of halogens is 5. The Morgan fingerprint density at radius 2 is 1.79 bits per heavy atom. The molecular formula is C32H38F5N5O5. The number of hydrogen-bond acceptors (Lipinski definition) is 6. The van der Waals surface area contributed by atoms with Crippen LogP contribution >= 0.6 is 0 Å². The maximum atomic E-state index is 13.6. The molecule has 3 aromatic rings. The maximum absolute atomic E-state index is 13.6. The van der Waals surface area contributed by atoms with Gasteiger partial charge in [-0.15, -0.1) is 0 Å². The second-order valence-electron chi connectivity index (χ2n) is 11.6. The lowest BCUT2D eigenvalue weighted by molar-refractivity contribution is -0.192. The van der Waals surface area contributed by atoms with Crippen LogP contribution in [0.15, 0.2) is 36.4 Å². The fourth-order valence-corrected chi connectivity index (χ4v) is 6.46. The third-order valence-electron chi connectivity index (χ3n) is 8.81. The van der Waals surface area contributed by atoms with E-state index in [2.05, 4.69) is 44.6 Å². The van der Waals surface area contributed by atoms with E-state index in [9.17, 15) is 26.7 Å². The standard InChI is InChI=1S/C30H37F2N5O3.C2HF3O2/c1-5-28-33-18(2)24(36-28)17-37-13-12-30(19-6-9-25(39-3)26(14-19)40-4)11-10-21(16-27(30)37)35-29(38)34-20-7-8-22(31)23(32)15-20;3-2(4,5)1(6)7/h6-9,14-15,21,27H,5,10-13,16-17H2,1-4H3,(H,33,36)(H2,34,35,38);(H,6,7). The molecule has 3 atom stereocenters. The van der Waals surface area contributed by atoms with Gasteiger partial charge in [0.05, 0.1) is 25.6 Å². The number of anilines is 1. The summed E-state index contributed by atoms with van der Waals surface area (Å²) in [6.07, 6.45) is -0.851. The first-order chi connectivity index (χ1) is 22.2. The van der Waals surface area contributed by atoms with Gasteiger partial charge in [0.25, 0.3) is 0 Å². The number of methoxy groups -OCH3 is 2. The van der Waals surface area contributed by atoms with Crippen LogP contribution in [0.3, 0.4) is 0 Å². The number of H-pyrrole nitrogens is 1. The number of aliphatic carboxylic acids is 1. The molecule has 47 heavy (non-hydrogen) atoms. The summed E-state index contributed by atoms with van der Waals surface area (Å²) in [5.74, 6) is -2.34. The molecule has 2 heterocycles. The number of nitrogens with zero attached hydrogens (tertiary/aromatic N) is 2. The second-order valence-corrected chi connectivity index (χ2v) is 11.6. The number of urea groups is 1. The Hall–Kier alpha value is -4.40. The van der Waals surface area contributed by atoms with Crippen molar-refractivity contribution in [3.05, 3.63) is 70.8 Å². The summed E-state index contributed by atoms with van der Waals surface area (Å²) in [6.45, 7) is 5.78. The lowest BCUT2D eigenvalue weighted by Crippen LogP contribution is -2.52. The number of aromatic amines is 1. The number of rotatable bonds is 8. The van der Waals surface area contributed by atoms with Crippen molar-refractivity contribution < 1.29 is 46.1 Å². The molecule has 1 aromatic heterocycles. The minimum absolute atomic E-state index is 0.0850. The van der Waals surface area contributed by atoms with Gasteiger partial charge in [-0.3, -0.25) is 4.90 Å². The predicted molar refractivity (Wildman–Crippen MR) is 163 cm³/mol. The van der Waals surface area contributed by atoms with Gasteiger partial charge in [0.1, 0.15) is 5.82 Å². The summed E-state index contributed by atoms with van der Waals surface area (Å²) in [5, 5.41) is 12.8. The molecule has 2 fully saturated rings.